The molecule has 0 atom stereocenters. The fourth-order valence-electron chi connectivity index (χ4n) is 4.14. The van der Waals surface area contributed by atoms with E-state index in [0.717, 1.165) is 54.6 Å². The van der Waals surface area contributed by atoms with Gasteiger partial charge in [-0.25, -0.2) is 0 Å². The van der Waals surface area contributed by atoms with Crippen molar-refractivity contribution in [3.8, 4) is 23.0 Å². The van der Waals surface area contributed by atoms with Crippen molar-refractivity contribution in [2.75, 3.05) is 23.3 Å². The molecule has 2 N–H and O–H groups in total. The first kappa shape index (κ1) is 23.8. The summed E-state index contributed by atoms with van der Waals surface area (Å²) < 4.78 is 12.0. The van der Waals surface area contributed by atoms with Gasteiger partial charge in [0.25, 0.3) is 0 Å². The van der Waals surface area contributed by atoms with E-state index in [1.807, 2.05) is 78.9 Å². The largest absolute Gasteiger partial charge is 0.459 e. The van der Waals surface area contributed by atoms with Crippen LogP contribution < -0.4 is 20.3 Å². The summed E-state index contributed by atoms with van der Waals surface area (Å²) in [5.41, 5.74) is 1.04. The third kappa shape index (κ3) is 6.40. The molecule has 0 radical (unpaired) electrons. The lowest BCUT2D eigenvalue weighted by Gasteiger charge is -2.22. The fraction of sp³-hybridized carbons (Fsp3) is 0.250. The number of aromatic nitrogens is 2. The summed E-state index contributed by atoms with van der Waals surface area (Å²) in [5, 5.41) is 6.71. The predicted molar refractivity (Wildman–Crippen MR) is 146 cm³/mol. The van der Waals surface area contributed by atoms with Gasteiger partial charge in [0.05, 0.1) is 6.54 Å². The average Bonchev–Trinajstić information content (AvgIpc) is 3.21. The molecule has 4 aromatic rings. The van der Waals surface area contributed by atoms with Crippen LogP contribution in [0.15, 0.2) is 83.3 Å². The summed E-state index contributed by atoms with van der Waals surface area (Å²) in [6, 6.07) is 25.4. The first-order valence-electron chi connectivity index (χ1n) is 12.3. The van der Waals surface area contributed by atoms with E-state index in [2.05, 4.69) is 20.5 Å². The number of nitrogens with zero attached hydrogens (tertiary/aromatic N) is 3. The lowest BCUT2D eigenvalue weighted by molar-refractivity contribution is 0.462. The SMILES string of the molecule is S=C(NCc1ccc(-c2ccccc2)o1)Nc1nc(Oc2ccccc2)cc(N2CCCCCC2)n1. The van der Waals surface area contributed by atoms with Crippen LogP contribution in [0, 0.1) is 0 Å². The van der Waals surface area contributed by atoms with Gasteiger partial charge < -0.3 is 24.7 Å². The van der Waals surface area contributed by atoms with Crippen molar-refractivity contribution in [2.45, 2.75) is 32.2 Å². The van der Waals surface area contributed by atoms with Crippen LogP contribution >= 0.6 is 12.2 Å². The maximum absolute atomic E-state index is 6.04. The molecule has 3 heterocycles. The molecule has 7 nitrogen and oxygen atoms in total. The molecule has 1 fully saturated rings. The molecule has 184 valence electrons. The minimum absolute atomic E-state index is 0.393. The van der Waals surface area contributed by atoms with Crippen LogP contribution in [-0.2, 0) is 6.54 Å². The molecule has 1 aliphatic rings. The maximum Gasteiger partial charge on any atom is 0.234 e. The van der Waals surface area contributed by atoms with Crippen LogP contribution in [0.4, 0.5) is 11.8 Å². The van der Waals surface area contributed by atoms with Crippen molar-refractivity contribution in [3.05, 3.63) is 84.6 Å². The Hall–Kier alpha value is -3.91. The van der Waals surface area contributed by atoms with E-state index in [-0.39, 0.29) is 0 Å². The first-order chi connectivity index (χ1) is 17.7. The molecule has 0 amide bonds. The highest BCUT2D eigenvalue weighted by atomic mass is 32.1. The third-order valence-electron chi connectivity index (χ3n) is 5.95. The summed E-state index contributed by atoms with van der Waals surface area (Å²) >= 11 is 5.53. The van der Waals surface area contributed by atoms with Crippen LogP contribution in [0.2, 0.25) is 0 Å². The Balaban J connectivity index is 1.28. The van der Waals surface area contributed by atoms with E-state index in [1.165, 1.54) is 12.8 Å². The van der Waals surface area contributed by atoms with Gasteiger partial charge in [-0.1, -0.05) is 61.4 Å². The lowest BCUT2D eigenvalue weighted by atomic mass is 10.2. The highest BCUT2D eigenvalue weighted by Gasteiger charge is 2.16. The van der Waals surface area contributed by atoms with E-state index >= 15 is 0 Å². The molecule has 0 bridgehead atoms. The number of para-hydroxylation sites is 1. The van der Waals surface area contributed by atoms with Crippen molar-refractivity contribution in [1.82, 2.24) is 15.3 Å². The second-order valence-electron chi connectivity index (χ2n) is 8.64. The Kier molecular flexibility index (Phi) is 7.73. The number of thiocarbonyl (C=S) groups is 1. The number of hydrogen-bond acceptors (Lipinski definition) is 6. The Morgan fingerprint density at radius 3 is 2.36 bits per heavy atom. The van der Waals surface area contributed by atoms with Gasteiger partial charge in [-0.15, -0.1) is 0 Å². The predicted octanol–water partition coefficient (Wildman–Crippen LogP) is 6.40. The number of anilines is 2. The number of furan rings is 1. The Labute approximate surface area is 216 Å². The Bertz CT molecular complexity index is 1270. The minimum atomic E-state index is 0.393. The van der Waals surface area contributed by atoms with Crippen molar-refractivity contribution in [1.29, 1.82) is 0 Å². The summed E-state index contributed by atoms with van der Waals surface area (Å²) in [5.74, 6) is 4.02. The number of ether oxygens (including phenoxy) is 1. The average molecular weight is 500 g/mol. The van der Waals surface area contributed by atoms with Gasteiger partial charge in [0.15, 0.2) is 5.11 Å². The molecule has 0 saturated carbocycles. The van der Waals surface area contributed by atoms with Crippen LogP contribution in [0.1, 0.15) is 31.4 Å². The smallest absolute Gasteiger partial charge is 0.234 e. The van der Waals surface area contributed by atoms with Crippen molar-refractivity contribution >= 4 is 29.1 Å². The van der Waals surface area contributed by atoms with E-state index in [4.69, 9.17) is 26.4 Å². The second kappa shape index (κ2) is 11.7. The number of hydrogen-bond donors (Lipinski definition) is 2. The van der Waals surface area contributed by atoms with Crippen LogP contribution in [0.25, 0.3) is 11.3 Å². The molecule has 36 heavy (non-hydrogen) atoms. The molecule has 1 saturated heterocycles. The van der Waals surface area contributed by atoms with Gasteiger partial charge in [-0.05, 0) is 49.3 Å². The quantitative estimate of drug-likeness (QED) is 0.283. The van der Waals surface area contributed by atoms with Gasteiger partial charge in [0.2, 0.25) is 11.8 Å². The molecule has 0 unspecified atom stereocenters. The summed E-state index contributed by atoms with van der Waals surface area (Å²) in [6.45, 7) is 2.37. The number of rotatable bonds is 7. The van der Waals surface area contributed by atoms with Gasteiger partial charge in [-0.2, -0.15) is 9.97 Å². The number of nitrogens with one attached hydrogen (secondary N) is 2. The molecule has 2 aromatic carbocycles. The molecular weight excluding hydrogens is 470 g/mol. The maximum atomic E-state index is 6.04. The van der Waals surface area contributed by atoms with E-state index in [9.17, 15) is 0 Å². The zero-order valence-electron chi connectivity index (χ0n) is 20.0. The minimum Gasteiger partial charge on any atom is -0.459 e. The van der Waals surface area contributed by atoms with Crippen LogP contribution in [-0.4, -0.2) is 28.2 Å². The van der Waals surface area contributed by atoms with Crippen molar-refractivity contribution < 1.29 is 9.15 Å². The Morgan fingerprint density at radius 1 is 0.889 bits per heavy atom. The van der Waals surface area contributed by atoms with Gasteiger partial charge in [-0.3, -0.25) is 0 Å². The van der Waals surface area contributed by atoms with Gasteiger partial charge in [0.1, 0.15) is 23.1 Å². The lowest BCUT2D eigenvalue weighted by Crippen LogP contribution is -2.29. The van der Waals surface area contributed by atoms with Crippen LogP contribution in [0.3, 0.4) is 0 Å². The van der Waals surface area contributed by atoms with E-state index in [0.29, 0.717) is 23.5 Å². The number of benzene rings is 2. The third-order valence-corrected chi connectivity index (χ3v) is 6.20. The molecule has 2 aromatic heterocycles. The van der Waals surface area contributed by atoms with Crippen molar-refractivity contribution in [3.63, 3.8) is 0 Å². The molecule has 0 spiro atoms. The molecule has 8 heteroatoms. The van der Waals surface area contributed by atoms with Crippen molar-refractivity contribution in [2.24, 2.45) is 0 Å². The normalized spacial score (nSPS) is 13.6. The van der Waals surface area contributed by atoms with Crippen LogP contribution in [0.5, 0.6) is 11.6 Å². The van der Waals surface area contributed by atoms with Gasteiger partial charge >= 0.3 is 0 Å². The summed E-state index contributed by atoms with van der Waals surface area (Å²) in [4.78, 5) is 11.6. The first-order valence-corrected chi connectivity index (χ1v) is 12.7. The molecule has 0 aliphatic carbocycles. The topological polar surface area (TPSA) is 75.5 Å². The molecule has 1 aliphatic heterocycles. The zero-order valence-corrected chi connectivity index (χ0v) is 20.8. The summed E-state index contributed by atoms with van der Waals surface area (Å²) in [6.07, 6.45) is 4.78. The highest BCUT2D eigenvalue weighted by molar-refractivity contribution is 7.80. The Morgan fingerprint density at radius 2 is 1.61 bits per heavy atom. The zero-order chi connectivity index (χ0) is 24.6. The van der Waals surface area contributed by atoms with E-state index < -0.39 is 0 Å². The standard InChI is InChI=1S/C28H29N5O2S/c36-28(29-20-23-15-16-24(34-23)21-11-5-3-6-12-21)32-27-30-25(33-17-9-1-2-10-18-33)19-26(31-27)35-22-13-7-4-8-14-22/h3-8,11-16,19H,1-2,9-10,17-18,20H2,(H2,29,30,31,32,36). The monoisotopic (exact) mass is 499 g/mol. The fourth-order valence-corrected chi connectivity index (χ4v) is 4.30. The highest BCUT2D eigenvalue weighted by Crippen LogP contribution is 2.26. The van der Waals surface area contributed by atoms with E-state index in [1.54, 1.807) is 0 Å². The summed E-state index contributed by atoms with van der Waals surface area (Å²) in [7, 11) is 0. The second-order valence-corrected chi connectivity index (χ2v) is 9.05. The molecular formula is C28H29N5O2S. The van der Waals surface area contributed by atoms with Gasteiger partial charge in [0, 0.05) is 24.7 Å². The molecule has 5 rings (SSSR count).